The third-order valence-electron chi connectivity index (χ3n) is 8.15. The van der Waals surface area contributed by atoms with Crippen LogP contribution in [-0.4, -0.2) is 34.7 Å². The summed E-state index contributed by atoms with van der Waals surface area (Å²) in [7, 11) is 0. The first-order chi connectivity index (χ1) is 19.3. The molecule has 0 saturated carbocycles. The van der Waals surface area contributed by atoms with Crippen molar-refractivity contribution in [2.45, 2.75) is 24.9 Å². The monoisotopic (exact) mass is 538 g/mol. The van der Waals surface area contributed by atoms with E-state index in [0.717, 1.165) is 21.4 Å². The third kappa shape index (κ3) is 3.35. The minimum Gasteiger partial charge on any atom is -0.427 e. The molecule has 3 aromatic carbocycles. The molecule has 3 N–H and O–H groups in total. The van der Waals surface area contributed by atoms with E-state index in [0.29, 0.717) is 23.4 Å². The standard InChI is InChI=1S/C30H23FN4O5/c1-15(36)40-19-9-7-18(8-10-19)35-27(37)25-24(12-16-14-32-22-5-3-2-4-20(16)22)34-30(26(25)28(35)38)21-13-17(31)6-11-23(21)33-29(30)39/h2-11,13-14,24-26,32,34H,12H2,1H3,(H,33,39)/t24-,25-,26+,30-/m1/s1. The summed E-state index contributed by atoms with van der Waals surface area (Å²) in [5.41, 5.74) is 1.22. The van der Waals surface area contributed by atoms with Crippen LogP contribution in [-0.2, 0) is 31.1 Å². The molecular weight excluding hydrogens is 515 g/mol. The zero-order chi connectivity index (χ0) is 27.8. The molecule has 0 aliphatic carbocycles. The molecule has 0 unspecified atom stereocenters. The molecule has 0 radical (unpaired) electrons. The van der Waals surface area contributed by atoms with Gasteiger partial charge in [-0.2, -0.15) is 0 Å². The Labute approximate surface area is 227 Å². The summed E-state index contributed by atoms with van der Waals surface area (Å²) in [6.45, 7) is 1.27. The Balaban J connectivity index is 1.34. The zero-order valence-electron chi connectivity index (χ0n) is 21.2. The summed E-state index contributed by atoms with van der Waals surface area (Å²) in [4.78, 5) is 57.5. The normalized spacial score (nSPS) is 25.0. The summed E-state index contributed by atoms with van der Waals surface area (Å²) in [5, 5.41) is 7.11. The van der Waals surface area contributed by atoms with Gasteiger partial charge in [-0.15, -0.1) is 0 Å². The van der Waals surface area contributed by atoms with Crippen LogP contribution < -0.4 is 20.3 Å². The van der Waals surface area contributed by atoms with Crippen LogP contribution in [0.4, 0.5) is 15.8 Å². The number of aromatic amines is 1. The lowest BCUT2D eigenvalue weighted by atomic mass is 9.76. The van der Waals surface area contributed by atoms with Crippen molar-refractivity contribution in [3.63, 3.8) is 0 Å². The highest BCUT2D eigenvalue weighted by Crippen LogP contribution is 2.54. The number of hydrogen-bond acceptors (Lipinski definition) is 6. The van der Waals surface area contributed by atoms with Crippen molar-refractivity contribution >= 4 is 46.0 Å². The maximum Gasteiger partial charge on any atom is 0.308 e. The van der Waals surface area contributed by atoms with Gasteiger partial charge in [-0.1, -0.05) is 18.2 Å². The number of halogens is 1. The van der Waals surface area contributed by atoms with E-state index in [1.54, 1.807) is 0 Å². The summed E-state index contributed by atoms with van der Waals surface area (Å²) in [6.07, 6.45) is 2.21. The second kappa shape index (κ2) is 8.59. The second-order valence-electron chi connectivity index (χ2n) is 10.4. The average Bonchev–Trinajstić information content (AvgIpc) is 3.64. The van der Waals surface area contributed by atoms with Crippen LogP contribution in [0, 0.1) is 17.7 Å². The van der Waals surface area contributed by atoms with Crippen LogP contribution in [0.5, 0.6) is 5.75 Å². The highest BCUT2D eigenvalue weighted by atomic mass is 19.1. The van der Waals surface area contributed by atoms with E-state index in [4.69, 9.17) is 4.74 Å². The molecule has 9 nitrogen and oxygen atoms in total. The number of rotatable bonds is 4. The molecular formula is C30H23FN4O5. The van der Waals surface area contributed by atoms with Crippen LogP contribution in [0.25, 0.3) is 10.9 Å². The summed E-state index contributed by atoms with van der Waals surface area (Å²) >= 11 is 0. The number of esters is 1. The Morgan fingerprint density at radius 3 is 2.58 bits per heavy atom. The van der Waals surface area contributed by atoms with Crippen LogP contribution in [0.2, 0.25) is 0 Å². The molecule has 3 amide bonds. The molecule has 4 atom stereocenters. The molecule has 4 heterocycles. The molecule has 3 aliphatic heterocycles. The molecule has 10 heteroatoms. The van der Waals surface area contributed by atoms with E-state index in [9.17, 15) is 23.6 Å². The van der Waals surface area contributed by atoms with Gasteiger partial charge in [0.05, 0.1) is 17.5 Å². The Morgan fingerprint density at radius 2 is 1.80 bits per heavy atom. The number of nitrogens with zero attached hydrogens (tertiary/aromatic N) is 1. The third-order valence-corrected chi connectivity index (χ3v) is 8.15. The van der Waals surface area contributed by atoms with E-state index in [1.165, 1.54) is 49.4 Å². The predicted octanol–water partition coefficient (Wildman–Crippen LogP) is 3.40. The number of nitrogens with one attached hydrogen (secondary N) is 3. The number of aromatic nitrogens is 1. The number of ether oxygens (including phenoxy) is 1. The van der Waals surface area contributed by atoms with Crippen LogP contribution in [0.15, 0.2) is 72.9 Å². The van der Waals surface area contributed by atoms with E-state index in [2.05, 4.69) is 15.6 Å². The lowest BCUT2D eigenvalue weighted by Gasteiger charge is -2.29. The Bertz CT molecular complexity index is 1750. The fraction of sp³-hybridized carbons (Fsp3) is 0.200. The highest BCUT2D eigenvalue weighted by Gasteiger charge is 2.70. The van der Waals surface area contributed by atoms with Gasteiger partial charge in [0, 0.05) is 41.3 Å². The smallest absolute Gasteiger partial charge is 0.308 e. The quantitative estimate of drug-likeness (QED) is 0.208. The number of H-pyrrole nitrogens is 1. The van der Waals surface area contributed by atoms with Crippen molar-refractivity contribution in [3.8, 4) is 5.75 Å². The molecule has 3 aliphatic rings. The van der Waals surface area contributed by atoms with Gasteiger partial charge >= 0.3 is 5.97 Å². The summed E-state index contributed by atoms with van der Waals surface area (Å²) in [5.74, 6) is -4.30. The highest BCUT2D eigenvalue weighted by molar-refractivity contribution is 6.25. The summed E-state index contributed by atoms with van der Waals surface area (Å²) < 4.78 is 19.6. The number of hydrogen-bond donors (Lipinski definition) is 3. The number of benzene rings is 3. The van der Waals surface area contributed by atoms with Crippen LogP contribution in [0.1, 0.15) is 18.1 Å². The van der Waals surface area contributed by atoms with Crippen molar-refractivity contribution in [1.82, 2.24) is 10.3 Å². The lowest BCUT2D eigenvalue weighted by Crippen LogP contribution is -2.53. The molecule has 2 fully saturated rings. The number of carbonyl (C=O) groups excluding carboxylic acids is 4. The van der Waals surface area contributed by atoms with Gasteiger partial charge in [0.15, 0.2) is 0 Å². The molecule has 0 bridgehead atoms. The van der Waals surface area contributed by atoms with Crippen molar-refractivity contribution in [1.29, 1.82) is 0 Å². The maximum atomic E-state index is 14.5. The SMILES string of the molecule is CC(=O)Oc1ccc(N2C(=O)[C@H]3[C@@H](C2=O)[C@@]2(N[C@@H]3Cc3c[nH]c4ccccc34)C(=O)Nc3ccc(F)cc32)cc1. The fourth-order valence-corrected chi connectivity index (χ4v) is 6.57. The van der Waals surface area contributed by atoms with Gasteiger partial charge in [0.1, 0.15) is 17.1 Å². The number of amides is 3. The first-order valence-corrected chi connectivity index (χ1v) is 12.9. The maximum absolute atomic E-state index is 14.5. The fourth-order valence-electron chi connectivity index (χ4n) is 6.57. The molecule has 200 valence electrons. The van der Waals surface area contributed by atoms with Crippen molar-refractivity contribution in [2.75, 3.05) is 10.2 Å². The van der Waals surface area contributed by atoms with Crippen molar-refractivity contribution in [3.05, 3.63) is 89.9 Å². The van der Waals surface area contributed by atoms with Crippen LogP contribution >= 0.6 is 0 Å². The van der Waals surface area contributed by atoms with Crippen LogP contribution in [0.3, 0.4) is 0 Å². The largest absolute Gasteiger partial charge is 0.427 e. The molecule has 1 spiro atoms. The second-order valence-corrected chi connectivity index (χ2v) is 10.4. The Hall–Kier alpha value is -4.83. The topological polar surface area (TPSA) is 121 Å². The molecule has 4 aromatic rings. The summed E-state index contributed by atoms with van der Waals surface area (Å²) in [6, 6.07) is 17.1. The predicted molar refractivity (Wildman–Crippen MR) is 143 cm³/mol. The number of carbonyl (C=O) groups is 4. The van der Waals surface area contributed by atoms with Gasteiger partial charge in [0.25, 0.3) is 0 Å². The average molecular weight is 539 g/mol. The number of fused-ring (bicyclic) bond motifs is 5. The number of imide groups is 1. The minimum absolute atomic E-state index is 0.269. The number of anilines is 2. The van der Waals surface area contributed by atoms with E-state index in [1.807, 2.05) is 30.5 Å². The lowest BCUT2D eigenvalue weighted by molar-refractivity contribution is -0.132. The van der Waals surface area contributed by atoms with Gasteiger partial charge in [-0.25, -0.2) is 9.29 Å². The van der Waals surface area contributed by atoms with Crippen molar-refractivity contribution < 1.29 is 28.3 Å². The van der Waals surface area contributed by atoms with E-state index in [-0.39, 0.29) is 5.75 Å². The zero-order valence-corrected chi connectivity index (χ0v) is 21.2. The molecule has 1 aromatic heterocycles. The van der Waals surface area contributed by atoms with Crippen molar-refractivity contribution in [2.24, 2.45) is 11.8 Å². The van der Waals surface area contributed by atoms with Gasteiger partial charge < -0.3 is 15.0 Å². The Kier molecular flexibility index (Phi) is 5.20. The molecule has 7 rings (SSSR count). The number of para-hydroxylation sites is 1. The molecule has 2 saturated heterocycles. The molecule has 40 heavy (non-hydrogen) atoms. The van der Waals surface area contributed by atoms with Gasteiger partial charge in [0.2, 0.25) is 17.7 Å². The van der Waals surface area contributed by atoms with E-state index >= 15 is 0 Å². The van der Waals surface area contributed by atoms with Gasteiger partial charge in [-0.05, 0) is 60.5 Å². The first kappa shape index (κ1) is 24.2. The minimum atomic E-state index is -1.63. The van der Waals surface area contributed by atoms with Gasteiger partial charge in [-0.3, -0.25) is 24.5 Å². The first-order valence-electron chi connectivity index (χ1n) is 12.9. The van der Waals surface area contributed by atoms with E-state index < -0.39 is 52.9 Å². The Morgan fingerprint density at radius 1 is 1.02 bits per heavy atom.